The second-order valence-corrected chi connectivity index (χ2v) is 6.43. The van der Waals surface area contributed by atoms with Crippen LogP contribution in [0.25, 0.3) is 0 Å². The molecule has 1 spiro atoms. The summed E-state index contributed by atoms with van der Waals surface area (Å²) in [5.74, 6) is 0. The van der Waals surface area contributed by atoms with E-state index in [9.17, 15) is 4.79 Å². The van der Waals surface area contributed by atoms with E-state index in [2.05, 4.69) is 32.6 Å². The standard InChI is InChI=1S/C13H24N2O2/c1-10(2)15-7-6-13(8-12(15,3)4)9-14(5)11(16)17-13/h10H,6-9H2,1-5H3. The van der Waals surface area contributed by atoms with Crippen molar-refractivity contribution in [2.24, 2.45) is 0 Å². The summed E-state index contributed by atoms with van der Waals surface area (Å²) in [6.45, 7) is 10.7. The van der Waals surface area contributed by atoms with Gasteiger partial charge in [-0.3, -0.25) is 4.90 Å². The largest absolute Gasteiger partial charge is 0.441 e. The topological polar surface area (TPSA) is 32.8 Å². The normalized spacial score (nSPS) is 33.5. The summed E-state index contributed by atoms with van der Waals surface area (Å²) in [5.41, 5.74) is -0.154. The van der Waals surface area contributed by atoms with Crippen molar-refractivity contribution in [1.29, 1.82) is 0 Å². The number of likely N-dealkylation sites (tertiary alicyclic amines) is 1. The lowest BCUT2D eigenvalue weighted by Crippen LogP contribution is -2.59. The van der Waals surface area contributed by atoms with Crippen molar-refractivity contribution in [3.05, 3.63) is 0 Å². The second-order valence-electron chi connectivity index (χ2n) is 6.43. The average Bonchev–Trinajstić information content (AvgIpc) is 2.38. The third-order valence-corrected chi connectivity index (χ3v) is 4.10. The molecule has 2 fully saturated rings. The summed E-state index contributed by atoms with van der Waals surface area (Å²) in [6, 6.07) is 0.539. The lowest BCUT2D eigenvalue weighted by molar-refractivity contribution is -0.0681. The highest BCUT2D eigenvalue weighted by atomic mass is 16.6. The maximum Gasteiger partial charge on any atom is 0.410 e. The molecule has 17 heavy (non-hydrogen) atoms. The molecular weight excluding hydrogens is 216 g/mol. The first-order chi connectivity index (χ1) is 7.76. The minimum Gasteiger partial charge on any atom is -0.441 e. The van der Waals surface area contributed by atoms with Gasteiger partial charge in [-0.05, 0) is 27.7 Å². The van der Waals surface area contributed by atoms with Crippen LogP contribution in [0, 0.1) is 0 Å². The quantitative estimate of drug-likeness (QED) is 0.703. The average molecular weight is 240 g/mol. The summed E-state index contributed by atoms with van der Waals surface area (Å²) in [4.78, 5) is 15.8. The van der Waals surface area contributed by atoms with Crippen LogP contribution in [0.1, 0.15) is 40.5 Å². The Hall–Kier alpha value is -0.770. The van der Waals surface area contributed by atoms with E-state index in [1.165, 1.54) is 0 Å². The van der Waals surface area contributed by atoms with Crippen molar-refractivity contribution in [3.8, 4) is 0 Å². The Kier molecular flexibility index (Phi) is 2.89. The number of carbonyl (C=O) groups is 1. The molecule has 0 aliphatic carbocycles. The number of ether oxygens (including phenoxy) is 1. The number of piperidine rings is 1. The zero-order chi connectivity index (χ0) is 12.8. The van der Waals surface area contributed by atoms with Crippen LogP contribution in [0.4, 0.5) is 4.79 Å². The van der Waals surface area contributed by atoms with Crippen molar-refractivity contribution >= 4 is 6.09 Å². The lowest BCUT2D eigenvalue weighted by Gasteiger charge is -2.50. The molecule has 2 aliphatic rings. The van der Waals surface area contributed by atoms with Gasteiger partial charge in [-0.2, -0.15) is 0 Å². The van der Waals surface area contributed by atoms with Crippen LogP contribution in [0.15, 0.2) is 0 Å². The monoisotopic (exact) mass is 240 g/mol. The van der Waals surface area contributed by atoms with Crippen molar-refractivity contribution in [1.82, 2.24) is 9.80 Å². The van der Waals surface area contributed by atoms with Gasteiger partial charge >= 0.3 is 6.09 Å². The van der Waals surface area contributed by atoms with Gasteiger partial charge in [-0.1, -0.05) is 0 Å². The minimum atomic E-state index is -0.249. The predicted molar refractivity (Wildman–Crippen MR) is 67.0 cm³/mol. The summed E-state index contributed by atoms with van der Waals surface area (Å²) >= 11 is 0. The molecule has 0 N–H and O–H groups in total. The second kappa shape index (κ2) is 3.87. The molecule has 0 aromatic heterocycles. The van der Waals surface area contributed by atoms with Gasteiger partial charge in [0.15, 0.2) is 0 Å². The Bertz CT molecular complexity index is 327. The first-order valence-corrected chi connectivity index (χ1v) is 6.47. The molecule has 1 amide bonds. The fourth-order valence-corrected chi connectivity index (χ4v) is 3.58. The third kappa shape index (κ3) is 2.15. The van der Waals surface area contributed by atoms with E-state index < -0.39 is 0 Å². The summed E-state index contributed by atoms with van der Waals surface area (Å²) in [7, 11) is 1.82. The van der Waals surface area contributed by atoms with E-state index in [0.29, 0.717) is 6.04 Å². The number of rotatable bonds is 1. The number of carbonyl (C=O) groups excluding carboxylic acids is 1. The Morgan fingerprint density at radius 3 is 2.41 bits per heavy atom. The Morgan fingerprint density at radius 1 is 1.35 bits per heavy atom. The maximum absolute atomic E-state index is 11.6. The van der Waals surface area contributed by atoms with E-state index in [4.69, 9.17) is 4.74 Å². The molecule has 1 unspecified atom stereocenters. The van der Waals surface area contributed by atoms with Gasteiger partial charge < -0.3 is 9.64 Å². The molecule has 2 rings (SSSR count). The van der Waals surface area contributed by atoms with Gasteiger partial charge in [-0.15, -0.1) is 0 Å². The zero-order valence-corrected chi connectivity index (χ0v) is 11.6. The van der Waals surface area contributed by atoms with Crippen molar-refractivity contribution in [2.45, 2.75) is 57.7 Å². The van der Waals surface area contributed by atoms with Gasteiger partial charge in [0.05, 0.1) is 6.54 Å². The van der Waals surface area contributed by atoms with E-state index in [1.807, 2.05) is 7.05 Å². The predicted octanol–water partition coefficient (Wildman–Crippen LogP) is 2.09. The zero-order valence-electron chi connectivity index (χ0n) is 11.6. The smallest absolute Gasteiger partial charge is 0.410 e. The third-order valence-electron chi connectivity index (χ3n) is 4.10. The molecule has 98 valence electrons. The Balaban J connectivity index is 2.15. The van der Waals surface area contributed by atoms with Crippen molar-refractivity contribution in [3.63, 3.8) is 0 Å². The number of amides is 1. The molecule has 4 heteroatoms. The molecule has 0 saturated carbocycles. The number of hydrogen-bond donors (Lipinski definition) is 0. The number of nitrogens with zero attached hydrogens (tertiary/aromatic N) is 2. The van der Waals surface area contributed by atoms with Gasteiger partial charge in [-0.25, -0.2) is 4.79 Å². The maximum atomic E-state index is 11.6. The van der Waals surface area contributed by atoms with E-state index in [0.717, 1.165) is 25.9 Å². The molecule has 0 bridgehead atoms. The summed E-state index contributed by atoms with van der Waals surface area (Å²) < 4.78 is 5.63. The molecule has 2 saturated heterocycles. The highest BCUT2D eigenvalue weighted by molar-refractivity contribution is 5.70. The van der Waals surface area contributed by atoms with Crippen molar-refractivity contribution < 1.29 is 9.53 Å². The van der Waals surface area contributed by atoms with Gasteiger partial charge in [0.2, 0.25) is 0 Å². The van der Waals surface area contributed by atoms with Crippen LogP contribution >= 0.6 is 0 Å². The van der Waals surface area contributed by atoms with Crippen LogP contribution in [0.3, 0.4) is 0 Å². The minimum absolute atomic E-state index is 0.0951. The van der Waals surface area contributed by atoms with Gasteiger partial charge in [0.25, 0.3) is 0 Å². The molecule has 0 radical (unpaired) electrons. The molecule has 4 nitrogen and oxygen atoms in total. The first-order valence-electron chi connectivity index (χ1n) is 6.47. The van der Waals surface area contributed by atoms with Crippen LogP contribution in [-0.4, -0.2) is 53.2 Å². The first kappa shape index (κ1) is 12.7. The highest BCUT2D eigenvalue weighted by Gasteiger charge is 2.51. The lowest BCUT2D eigenvalue weighted by atomic mass is 9.78. The molecular formula is C13H24N2O2. The fourth-order valence-electron chi connectivity index (χ4n) is 3.58. The SMILES string of the molecule is CC(C)N1CCC2(CN(C)C(=O)O2)CC1(C)C. The van der Waals surface area contributed by atoms with Gasteiger partial charge in [0.1, 0.15) is 5.60 Å². The Morgan fingerprint density at radius 2 is 2.00 bits per heavy atom. The van der Waals surface area contributed by atoms with Gasteiger partial charge in [0, 0.05) is 38.0 Å². The molecule has 2 heterocycles. The van der Waals surface area contributed by atoms with Crippen LogP contribution in [0.2, 0.25) is 0 Å². The molecule has 1 atom stereocenters. The fraction of sp³-hybridized carbons (Fsp3) is 0.923. The van der Waals surface area contributed by atoms with E-state index in [-0.39, 0.29) is 17.2 Å². The van der Waals surface area contributed by atoms with Crippen LogP contribution in [-0.2, 0) is 4.74 Å². The van der Waals surface area contributed by atoms with E-state index >= 15 is 0 Å². The molecule has 0 aromatic carbocycles. The number of hydrogen-bond acceptors (Lipinski definition) is 3. The molecule has 2 aliphatic heterocycles. The van der Waals surface area contributed by atoms with Crippen LogP contribution in [0.5, 0.6) is 0 Å². The van der Waals surface area contributed by atoms with E-state index in [1.54, 1.807) is 4.90 Å². The highest BCUT2D eigenvalue weighted by Crippen LogP contribution is 2.41. The van der Waals surface area contributed by atoms with Crippen LogP contribution < -0.4 is 0 Å². The molecule has 0 aromatic rings. The van der Waals surface area contributed by atoms with Crippen molar-refractivity contribution in [2.75, 3.05) is 20.1 Å². The Labute approximate surface area is 104 Å². The summed E-state index contributed by atoms with van der Waals surface area (Å²) in [6.07, 6.45) is 1.71. The number of likely N-dealkylation sites (N-methyl/N-ethyl adjacent to an activating group) is 1. The summed E-state index contributed by atoms with van der Waals surface area (Å²) in [5, 5.41) is 0.